The quantitative estimate of drug-likeness (QED) is 0.729. The van der Waals surface area contributed by atoms with Crippen LogP contribution in [0.15, 0.2) is 58.0 Å². The topological polar surface area (TPSA) is 98.0 Å². The van der Waals surface area contributed by atoms with E-state index < -0.39 is 15.8 Å². The number of nitrogens with one attached hydrogen (secondary N) is 1. The predicted molar refractivity (Wildman–Crippen MR) is 82.8 cm³/mol. The first-order chi connectivity index (χ1) is 11.5. The summed E-state index contributed by atoms with van der Waals surface area (Å²) < 4.78 is 44.8. The lowest BCUT2D eigenvalue weighted by molar-refractivity contribution is 0.500. The van der Waals surface area contributed by atoms with E-state index in [9.17, 15) is 12.8 Å². The molecule has 3 rings (SSSR count). The molecule has 0 aliphatic carbocycles. The highest BCUT2D eigenvalue weighted by atomic mass is 32.2. The summed E-state index contributed by atoms with van der Waals surface area (Å²) in [7, 11) is -3.71. The molecule has 0 aliphatic rings. The second-order valence-electron chi connectivity index (χ2n) is 4.82. The summed E-state index contributed by atoms with van der Waals surface area (Å²) in [4.78, 5) is 4.08. The molecule has 2 heterocycles. The van der Waals surface area contributed by atoms with Crippen LogP contribution in [0.4, 0.5) is 4.39 Å². The van der Waals surface area contributed by atoms with Crippen molar-refractivity contribution < 1.29 is 17.2 Å². The van der Waals surface area contributed by atoms with E-state index in [0.29, 0.717) is 5.69 Å². The lowest BCUT2D eigenvalue weighted by Gasteiger charge is -2.05. The zero-order chi connectivity index (χ0) is 17.0. The number of halogens is 1. The summed E-state index contributed by atoms with van der Waals surface area (Å²) in [5.74, 6) is 0.0614. The maximum atomic E-state index is 12.8. The molecule has 9 heteroatoms. The van der Waals surface area contributed by atoms with E-state index >= 15 is 0 Å². The highest BCUT2D eigenvalue weighted by molar-refractivity contribution is 7.89. The first-order valence-electron chi connectivity index (χ1n) is 7.03. The number of nitrogens with zero attached hydrogens (tertiary/aromatic N) is 3. The van der Waals surface area contributed by atoms with Gasteiger partial charge in [0.2, 0.25) is 15.9 Å². The summed E-state index contributed by atoms with van der Waals surface area (Å²) in [6.45, 7) is 0.0730. The van der Waals surface area contributed by atoms with Gasteiger partial charge in [-0.25, -0.2) is 17.5 Å². The van der Waals surface area contributed by atoms with E-state index in [1.54, 1.807) is 24.4 Å². The fourth-order valence-corrected chi connectivity index (χ4v) is 2.97. The van der Waals surface area contributed by atoms with Gasteiger partial charge < -0.3 is 4.42 Å². The third-order valence-electron chi connectivity index (χ3n) is 3.11. The van der Waals surface area contributed by atoms with E-state index in [2.05, 4.69) is 19.9 Å². The number of hydrogen-bond donors (Lipinski definition) is 1. The molecule has 1 aromatic carbocycles. The van der Waals surface area contributed by atoms with E-state index in [0.717, 1.165) is 12.1 Å². The Morgan fingerprint density at radius 1 is 1.08 bits per heavy atom. The van der Waals surface area contributed by atoms with Crippen molar-refractivity contribution in [3.8, 4) is 11.6 Å². The zero-order valence-electron chi connectivity index (χ0n) is 12.4. The molecule has 0 saturated heterocycles. The first kappa shape index (κ1) is 16.2. The summed E-state index contributed by atoms with van der Waals surface area (Å²) in [5, 5.41) is 7.73. The van der Waals surface area contributed by atoms with Crippen LogP contribution in [0.1, 0.15) is 5.89 Å². The van der Waals surface area contributed by atoms with Crippen LogP contribution in [0, 0.1) is 5.82 Å². The molecular formula is C15H13FN4O3S. The van der Waals surface area contributed by atoms with Crippen molar-refractivity contribution in [1.29, 1.82) is 0 Å². The van der Waals surface area contributed by atoms with Gasteiger partial charge in [-0.05, 0) is 36.4 Å². The third-order valence-corrected chi connectivity index (χ3v) is 4.58. The Labute approximate surface area is 137 Å². The van der Waals surface area contributed by atoms with Crippen LogP contribution < -0.4 is 4.72 Å². The van der Waals surface area contributed by atoms with Gasteiger partial charge in [-0.2, -0.15) is 0 Å². The van der Waals surface area contributed by atoms with Crippen LogP contribution in [-0.4, -0.2) is 30.1 Å². The van der Waals surface area contributed by atoms with Crippen molar-refractivity contribution in [2.24, 2.45) is 0 Å². The van der Waals surface area contributed by atoms with Crippen molar-refractivity contribution in [1.82, 2.24) is 19.9 Å². The zero-order valence-corrected chi connectivity index (χ0v) is 13.2. The van der Waals surface area contributed by atoms with Crippen LogP contribution in [-0.2, 0) is 16.4 Å². The molecule has 0 aliphatic heterocycles. The van der Waals surface area contributed by atoms with Gasteiger partial charge in [-0.3, -0.25) is 4.98 Å². The van der Waals surface area contributed by atoms with Gasteiger partial charge in [0.15, 0.2) is 0 Å². The fourth-order valence-electron chi connectivity index (χ4n) is 1.94. The Hall–Kier alpha value is -2.65. The minimum atomic E-state index is -3.71. The fraction of sp³-hybridized carbons (Fsp3) is 0.133. The molecule has 0 bridgehead atoms. The van der Waals surface area contributed by atoms with E-state index in [1.165, 1.54) is 12.1 Å². The highest BCUT2D eigenvalue weighted by Gasteiger charge is 2.15. The minimum absolute atomic E-state index is 0.0106. The SMILES string of the molecule is O=S(=O)(NCCc1nnc(-c2ccccn2)o1)c1ccc(F)cc1. The lowest BCUT2D eigenvalue weighted by atomic mass is 10.3. The molecule has 2 aromatic heterocycles. The van der Waals surface area contributed by atoms with E-state index in [-0.39, 0.29) is 29.6 Å². The molecule has 1 N–H and O–H groups in total. The predicted octanol–water partition coefficient (Wildman–Crippen LogP) is 1.79. The van der Waals surface area contributed by atoms with Gasteiger partial charge >= 0.3 is 0 Å². The van der Waals surface area contributed by atoms with Crippen molar-refractivity contribution in [3.63, 3.8) is 0 Å². The number of rotatable bonds is 6. The van der Waals surface area contributed by atoms with Crippen molar-refractivity contribution >= 4 is 10.0 Å². The van der Waals surface area contributed by atoms with Crippen LogP contribution in [0.2, 0.25) is 0 Å². The van der Waals surface area contributed by atoms with Crippen molar-refractivity contribution in [3.05, 3.63) is 60.4 Å². The van der Waals surface area contributed by atoms with Gasteiger partial charge in [0.25, 0.3) is 5.89 Å². The second kappa shape index (κ2) is 6.85. The normalized spacial score (nSPS) is 11.5. The monoisotopic (exact) mass is 348 g/mol. The van der Waals surface area contributed by atoms with E-state index in [1.807, 2.05) is 0 Å². The Morgan fingerprint density at radius 3 is 2.58 bits per heavy atom. The average molecular weight is 348 g/mol. The van der Waals surface area contributed by atoms with Gasteiger partial charge in [-0.1, -0.05) is 6.07 Å². The third kappa shape index (κ3) is 3.81. The minimum Gasteiger partial charge on any atom is -0.419 e. The van der Waals surface area contributed by atoms with Crippen LogP contribution in [0.25, 0.3) is 11.6 Å². The van der Waals surface area contributed by atoms with Gasteiger partial charge in [0.1, 0.15) is 11.5 Å². The Morgan fingerprint density at radius 2 is 1.88 bits per heavy atom. The molecule has 0 atom stereocenters. The summed E-state index contributed by atoms with van der Waals surface area (Å²) >= 11 is 0. The Kier molecular flexibility index (Phi) is 4.63. The summed E-state index contributed by atoms with van der Waals surface area (Å²) in [6.07, 6.45) is 1.83. The van der Waals surface area contributed by atoms with Crippen molar-refractivity contribution in [2.75, 3.05) is 6.54 Å². The van der Waals surface area contributed by atoms with Gasteiger partial charge in [0, 0.05) is 19.2 Å². The Balaban J connectivity index is 1.60. The van der Waals surface area contributed by atoms with E-state index in [4.69, 9.17) is 4.42 Å². The molecule has 124 valence electrons. The first-order valence-corrected chi connectivity index (χ1v) is 8.52. The number of pyridine rings is 1. The number of sulfonamides is 1. The molecule has 0 amide bonds. The highest BCUT2D eigenvalue weighted by Crippen LogP contribution is 2.14. The summed E-state index contributed by atoms with van der Waals surface area (Å²) in [6, 6.07) is 9.87. The Bertz CT molecular complexity index is 911. The molecule has 0 radical (unpaired) electrons. The lowest BCUT2D eigenvalue weighted by Crippen LogP contribution is -2.26. The second-order valence-corrected chi connectivity index (χ2v) is 6.58. The largest absolute Gasteiger partial charge is 0.419 e. The molecule has 0 unspecified atom stereocenters. The number of hydrogen-bond acceptors (Lipinski definition) is 6. The summed E-state index contributed by atoms with van der Waals surface area (Å²) in [5.41, 5.74) is 0.545. The molecule has 0 fully saturated rings. The maximum absolute atomic E-state index is 12.8. The standard InChI is InChI=1S/C15H13FN4O3S/c16-11-4-6-12(7-5-11)24(21,22)18-10-8-14-19-20-15(23-14)13-3-1-2-9-17-13/h1-7,9,18H,8,10H2. The maximum Gasteiger partial charge on any atom is 0.266 e. The smallest absolute Gasteiger partial charge is 0.266 e. The molecule has 3 aromatic rings. The number of aromatic nitrogens is 3. The van der Waals surface area contributed by atoms with Crippen LogP contribution >= 0.6 is 0 Å². The van der Waals surface area contributed by atoms with Gasteiger partial charge in [-0.15, -0.1) is 10.2 Å². The average Bonchev–Trinajstić information content (AvgIpc) is 3.05. The molecular weight excluding hydrogens is 335 g/mol. The van der Waals surface area contributed by atoms with Crippen LogP contribution in [0.5, 0.6) is 0 Å². The molecule has 0 spiro atoms. The number of benzene rings is 1. The van der Waals surface area contributed by atoms with Gasteiger partial charge in [0.05, 0.1) is 4.90 Å². The molecule has 7 nitrogen and oxygen atoms in total. The molecule has 24 heavy (non-hydrogen) atoms. The van der Waals surface area contributed by atoms with Crippen LogP contribution in [0.3, 0.4) is 0 Å². The van der Waals surface area contributed by atoms with Crippen molar-refractivity contribution in [2.45, 2.75) is 11.3 Å². The molecule has 0 saturated carbocycles.